The topological polar surface area (TPSA) is 53.8 Å². The van der Waals surface area contributed by atoms with E-state index in [1.807, 2.05) is 18.4 Å². The third kappa shape index (κ3) is 3.69. The van der Waals surface area contributed by atoms with E-state index in [-0.39, 0.29) is 11.5 Å². The van der Waals surface area contributed by atoms with Gasteiger partial charge in [-0.15, -0.1) is 11.3 Å². The molecular formula is C21H25NO3S. The van der Waals surface area contributed by atoms with Crippen LogP contribution in [0.2, 0.25) is 0 Å². The van der Waals surface area contributed by atoms with E-state index in [2.05, 4.69) is 13.8 Å². The van der Waals surface area contributed by atoms with Crippen molar-refractivity contribution in [1.82, 2.24) is 0 Å². The minimum atomic E-state index is -0.137. The van der Waals surface area contributed by atoms with Gasteiger partial charge in [-0.25, -0.2) is 0 Å². The Balaban J connectivity index is 1.94. The summed E-state index contributed by atoms with van der Waals surface area (Å²) in [7, 11) is 0. The van der Waals surface area contributed by atoms with Gasteiger partial charge in [0.15, 0.2) is 5.76 Å². The zero-order valence-corrected chi connectivity index (χ0v) is 16.4. The lowest BCUT2D eigenvalue weighted by atomic mass is 10.0. The zero-order valence-electron chi connectivity index (χ0n) is 15.6. The summed E-state index contributed by atoms with van der Waals surface area (Å²) in [6, 6.07) is 5.12. The van der Waals surface area contributed by atoms with Gasteiger partial charge in [-0.3, -0.25) is 4.79 Å². The molecule has 3 rings (SSSR count). The molecule has 0 radical (unpaired) electrons. The van der Waals surface area contributed by atoms with E-state index in [4.69, 9.17) is 4.74 Å². The van der Waals surface area contributed by atoms with Crippen molar-refractivity contribution in [2.24, 2.45) is 0 Å². The Morgan fingerprint density at radius 2 is 1.92 bits per heavy atom. The zero-order chi connectivity index (χ0) is 18.7. The number of aryl methyl sites for hydroxylation is 1. The first-order valence-corrected chi connectivity index (χ1v) is 10.1. The number of fused-ring (bicyclic) bond motifs is 1. The summed E-state index contributed by atoms with van der Waals surface area (Å²) in [4.78, 5) is 15.1. The molecule has 0 amide bonds. The smallest absolute Gasteiger partial charge is 0.232 e. The molecule has 138 valence electrons. The average Bonchev–Trinajstić information content (AvgIpc) is 3.15. The number of ketones is 1. The maximum absolute atomic E-state index is 12.7. The van der Waals surface area contributed by atoms with E-state index >= 15 is 0 Å². The van der Waals surface area contributed by atoms with Crippen LogP contribution in [-0.4, -0.2) is 18.9 Å². The minimum Gasteiger partial charge on any atom is -0.872 e. The number of Topliss-reactive ketones (excluding diaryl/α,β-unsaturated/α-hetero) is 1. The maximum atomic E-state index is 12.7. The van der Waals surface area contributed by atoms with Gasteiger partial charge in [0.2, 0.25) is 5.78 Å². The lowest BCUT2D eigenvalue weighted by molar-refractivity contribution is -0.914. The number of carbonyl (C=O) groups excluding carboxylic acids is 1. The number of nitrogens with one attached hydrogen (secondary N) is 1. The summed E-state index contributed by atoms with van der Waals surface area (Å²) in [5.74, 6) is 0.592. The molecule has 2 heterocycles. The van der Waals surface area contributed by atoms with E-state index in [1.165, 1.54) is 11.0 Å². The number of quaternary nitrogens is 1. The second-order valence-corrected chi connectivity index (χ2v) is 7.70. The molecule has 1 N–H and O–H groups in total. The predicted octanol–water partition coefficient (Wildman–Crippen LogP) is 2.95. The van der Waals surface area contributed by atoms with Crippen molar-refractivity contribution in [3.8, 4) is 11.5 Å². The van der Waals surface area contributed by atoms with Crippen LogP contribution in [0.5, 0.6) is 11.5 Å². The molecule has 0 atom stereocenters. The van der Waals surface area contributed by atoms with Gasteiger partial charge in [-0.2, -0.15) is 0 Å². The van der Waals surface area contributed by atoms with Crippen molar-refractivity contribution in [2.75, 3.05) is 13.1 Å². The lowest BCUT2D eigenvalue weighted by Crippen LogP contribution is -3.10. The lowest BCUT2D eigenvalue weighted by Gasteiger charge is -2.23. The largest absolute Gasteiger partial charge is 0.872 e. The highest BCUT2D eigenvalue weighted by Crippen LogP contribution is 2.38. The number of thiophene rings is 1. The molecule has 0 bridgehead atoms. The van der Waals surface area contributed by atoms with Gasteiger partial charge in [0.1, 0.15) is 12.3 Å². The molecule has 0 fully saturated rings. The first-order valence-electron chi connectivity index (χ1n) is 9.19. The molecule has 0 saturated carbocycles. The minimum absolute atomic E-state index is 0.0465. The first kappa shape index (κ1) is 18.7. The first-order chi connectivity index (χ1) is 12.5. The standard InChI is InChI=1S/C21H25NO3S/c1-4-9-22(10-5-2)13-16-17(23)7-6-15-20(24)18(25-21(15)16)12-19-14(3)8-11-26-19/h6-8,11-12,23H,4-5,9-10,13H2,1-3H3/b18-12-. The average molecular weight is 372 g/mol. The van der Waals surface area contributed by atoms with Crippen molar-refractivity contribution >= 4 is 23.2 Å². The molecule has 1 aliphatic heterocycles. The molecule has 1 aromatic heterocycles. The summed E-state index contributed by atoms with van der Waals surface area (Å²) >= 11 is 1.57. The van der Waals surface area contributed by atoms with Crippen LogP contribution in [0.1, 0.15) is 53.1 Å². The Labute approximate surface area is 158 Å². The molecule has 4 nitrogen and oxygen atoms in total. The van der Waals surface area contributed by atoms with Crippen molar-refractivity contribution in [2.45, 2.75) is 40.2 Å². The normalized spacial score (nSPS) is 14.9. The van der Waals surface area contributed by atoms with E-state index in [0.29, 0.717) is 29.2 Å². The molecule has 0 saturated heterocycles. The Bertz CT molecular complexity index is 832. The second-order valence-electron chi connectivity index (χ2n) is 6.75. The fraction of sp³-hybridized carbons (Fsp3) is 0.381. The van der Waals surface area contributed by atoms with E-state index in [9.17, 15) is 9.90 Å². The summed E-state index contributed by atoms with van der Waals surface area (Å²) in [5.41, 5.74) is 2.24. The summed E-state index contributed by atoms with van der Waals surface area (Å²) in [5, 5.41) is 14.5. The molecule has 0 spiro atoms. The number of carbonyl (C=O) groups is 1. The molecule has 0 unspecified atom stereocenters. The molecule has 5 heteroatoms. The molecule has 26 heavy (non-hydrogen) atoms. The summed E-state index contributed by atoms with van der Waals surface area (Å²) in [6.45, 7) is 8.90. The van der Waals surface area contributed by atoms with E-state index in [0.717, 1.165) is 36.4 Å². The van der Waals surface area contributed by atoms with E-state index in [1.54, 1.807) is 23.5 Å². The van der Waals surface area contributed by atoms with Crippen molar-refractivity contribution in [3.05, 3.63) is 50.9 Å². The molecule has 1 aromatic carbocycles. The Morgan fingerprint density at radius 3 is 2.54 bits per heavy atom. The van der Waals surface area contributed by atoms with Crippen LogP contribution in [0.25, 0.3) is 6.08 Å². The monoisotopic (exact) mass is 371 g/mol. The number of benzene rings is 1. The number of rotatable bonds is 7. The van der Waals surface area contributed by atoms with Crippen LogP contribution in [0.15, 0.2) is 29.3 Å². The van der Waals surface area contributed by atoms with E-state index < -0.39 is 0 Å². The number of hydrogen-bond donors (Lipinski definition) is 1. The third-order valence-corrected chi connectivity index (χ3v) is 5.66. The number of allylic oxidation sites excluding steroid dienone is 1. The van der Waals surface area contributed by atoms with Crippen LogP contribution in [-0.2, 0) is 6.54 Å². The van der Waals surface area contributed by atoms with Crippen LogP contribution in [0, 0.1) is 6.92 Å². The molecular weight excluding hydrogens is 346 g/mol. The van der Waals surface area contributed by atoms with Gasteiger partial charge >= 0.3 is 0 Å². The molecule has 1 aliphatic rings. The highest BCUT2D eigenvalue weighted by Gasteiger charge is 2.31. The molecule has 2 aromatic rings. The number of hydrogen-bond acceptors (Lipinski definition) is 4. The quantitative estimate of drug-likeness (QED) is 0.762. The van der Waals surface area contributed by atoms with Gasteiger partial charge < -0.3 is 14.7 Å². The van der Waals surface area contributed by atoms with Crippen LogP contribution in [0.3, 0.4) is 0 Å². The Hall–Kier alpha value is -2.11. The molecule has 0 aliphatic carbocycles. The SMILES string of the molecule is CCC[NH+](CCC)Cc1c([O-])ccc2c1O/C(=C\c1sccc1C)C2=O. The van der Waals surface area contributed by atoms with Crippen molar-refractivity contribution in [1.29, 1.82) is 0 Å². The second kappa shape index (κ2) is 8.06. The fourth-order valence-electron chi connectivity index (χ4n) is 3.37. The van der Waals surface area contributed by atoms with Gasteiger partial charge in [-0.05, 0) is 42.8 Å². The van der Waals surface area contributed by atoms with Gasteiger partial charge in [0.25, 0.3) is 0 Å². The van der Waals surface area contributed by atoms with Crippen LogP contribution < -0.4 is 14.7 Å². The third-order valence-electron chi connectivity index (χ3n) is 4.70. The van der Waals surface area contributed by atoms with Gasteiger partial charge in [0, 0.05) is 16.5 Å². The van der Waals surface area contributed by atoms with Gasteiger partial charge in [0.05, 0.1) is 18.7 Å². The van der Waals surface area contributed by atoms with Crippen molar-refractivity contribution < 1.29 is 19.5 Å². The maximum Gasteiger partial charge on any atom is 0.232 e. The highest BCUT2D eigenvalue weighted by atomic mass is 32.1. The fourth-order valence-corrected chi connectivity index (χ4v) is 4.21. The summed E-state index contributed by atoms with van der Waals surface area (Å²) in [6.07, 6.45) is 3.90. The Morgan fingerprint density at radius 1 is 1.19 bits per heavy atom. The number of ether oxygens (including phenoxy) is 1. The highest BCUT2D eigenvalue weighted by molar-refractivity contribution is 7.11. The van der Waals surface area contributed by atoms with Crippen LogP contribution >= 0.6 is 11.3 Å². The van der Waals surface area contributed by atoms with Gasteiger partial charge in [-0.1, -0.05) is 25.7 Å². The summed E-state index contributed by atoms with van der Waals surface area (Å²) < 4.78 is 5.92. The Kier molecular flexibility index (Phi) is 5.79. The van der Waals surface area contributed by atoms with Crippen LogP contribution in [0.4, 0.5) is 0 Å². The predicted molar refractivity (Wildman–Crippen MR) is 103 cm³/mol. The van der Waals surface area contributed by atoms with Crippen molar-refractivity contribution in [3.63, 3.8) is 0 Å².